The van der Waals surface area contributed by atoms with Crippen LogP contribution in [0.5, 0.6) is 0 Å². The van der Waals surface area contributed by atoms with Gasteiger partial charge in [0, 0.05) is 65.2 Å². The van der Waals surface area contributed by atoms with E-state index in [1.165, 1.54) is 21.5 Å². The van der Waals surface area contributed by atoms with E-state index in [0.29, 0.717) is 75.4 Å². The van der Waals surface area contributed by atoms with E-state index in [-0.39, 0.29) is 47.8 Å². The maximum atomic E-state index is 14.3. The predicted octanol–water partition coefficient (Wildman–Crippen LogP) is 3.66. The Balaban J connectivity index is 0.738. The molecule has 3 aliphatic heterocycles. The maximum Gasteiger partial charge on any atom is 0.329 e. The van der Waals surface area contributed by atoms with Crippen LogP contribution in [0.15, 0.2) is 47.7 Å². The first-order valence-electron chi connectivity index (χ1n) is 21.9. The molecule has 0 radical (unpaired) electrons. The summed E-state index contributed by atoms with van der Waals surface area (Å²) in [6.45, 7) is 6.60. The number of piperidine rings is 1. The Bertz CT molecular complexity index is 2520. The van der Waals surface area contributed by atoms with Crippen LogP contribution in [0, 0.1) is 5.92 Å². The van der Waals surface area contributed by atoms with Crippen LogP contribution in [0.3, 0.4) is 0 Å². The van der Waals surface area contributed by atoms with Crippen LogP contribution in [0.2, 0.25) is 0 Å². The van der Waals surface area contributed by atoms with Crippen LogP contribution in [-0.2, 0) is 37.3 Å². The molecule has 0 bridgehead atoms. The number of hydrogen-bond donors (Lipinski definition) is 2. The molecule has 7 heterocycles. The molecular weight excluding hydrogens is 821 g/mol. The largest absolute Gasteiger partial charge is 0.379 e. The molecule has 3 saturated heterocycles. The van der Waals surface area contributed by atoms with Crippen LogP contribution in [0.25, 0.3) is 16.7 Å². The number of para-hydroxylation sites is 1. The van der Waals surface area contributed by atoms with Crippen molar-refractivity contribution in [3.63, 3.8) is 0 Å². The molecule has 2 atom stereocenters. The number of nitrogens with zero attached hydrogens (tertiary/aromatic N) is 9. The molecule has 2 N–H and O–H groups in total. The third kappa shape index (κ3) is 9.12. The quantitative estimate of drug-likeness (QED) is 0.122. The molecule has 0 spiro atoms. The fourth-order valence-corrected chi connectivity index (χ4v) is 9.56. The zero-order valence-electron chi connectivity index (χ0n) is 35.3. The van der Waals surface area contributed by atoms with Crippen LogP contribution in [0.4, 0.5) is 20.3 Å². The van der Waals surface area contributed by atoms with E-state index < -0.39 is 30.0 Å². The highest BCUT2D eigenvalue weighted by atomic mass is 19.3. The minimum Gasteiger partial charge on any atom is -0.379 e. The van der Waals surface area contributed by atoms with Crippen molar-refractivity contribution < 1.29 is 37.4 Å². The van der Waals surface area contributed by atoms with Crippen molar-refractivity contribution in [1.82, 2.24) is 43.7 Å². The number of aryl methyl sites for hydroxylation is 2. The fraction of sp³-hybridized carbons (Fsp3) is 0.558. The lowest BCUT2D eigenvalue weighted by Crippen LogP contribution is -2.46. The van der Waals surface area contributed by atoms with Gasteiger partial charge in [-0.05, 0) is 68.6 Å². The van der Waals surface area contributed by atoms with Gasteiger partial charge in [-0.15, -0.1) is 0 Å². The van der Waals surface area contributed by atoms with Crippen molar-refractivity contribution in [1.29, 1.82) is 0 Å². The highest BCUT2D eigenvalue weighted by Crippen LogP contribution is 2.36. The first-order chi connectivity index (χ1) is 30.6. The highest BCUT2D eigenvalue weighted by Gasteiger charge is 2.33. The van der Waals surface area contributed by atoms with Gasteiger partial charge in [0.05, 0.1) is 61.5 Å². The Labute approximate surface area is 361 Å². The average Bonchev–Trinajstić information content (AvgIpc) is 3.98. The van der Waals surface area contributed by atoms with Crippen molar-refractivity contribution >= 4 is 45.9 Å². The number of carbonyl (C=O) groups excluding carboxylic acids is 3. The molecule has 336 valence electrons. The molecule has 4 fully saturated rings. The van der Waals surface area contributed by atoms with Gasteiger partial charge in [0.2, 0.25) is 11.8 Å². The summed E-state index contributed by atoms with van der Waals surface area (Å²) in [6, 6.07) is 6.75. The molecule has 1 unspecified atom stereocenters. The van der Waals surface area contributed by atoms with E-state index >= 15 is 0 Å². The smallest absolute Gasteiger partial charge is 0.329 e. The van der Waals surface area contributed by atoms with Gasteiger partial charge in [0.15, 0.2) is 11.3 Å². The molecule has 63 heavy (non-hydrogen) atoms. The highest BCUT2D eigenvalue weighted by molar-refractivity contribution is 6.08. The number of imide groups is 1. The molecule has 5 aromatic rings. The number of fused-ring (bicyclic) bond motifs is 2. The third-order valence-corrected chi connectivity index (χ3v) is 12.8. The number of nitrogens with one attached hydrogen (secondary N) is 2. The van der Waals surface area contributed by atoms with Gasteiger partial charge in [0.25, 0.3) is 12.3 Å². The molecule has 1 saturated carbocycles. The van der Waals surface area contributed by atoms with Crippen LogP contribution in [0.1, 0.15) is 85.1 Å². The summed E-state index contributed by atoms with van der Waals surface area (Å²) in [4.78, 5) is 60.3. The summed E-state index contributed by atoms with van der Waals surface area (Å²) in [5.41, 5.74) is 2.18. The summed E-state index contributed by atoms with van der Waals surface area (Å²) < 4.78 is 52.3. The SMILES string of the molecule is Cn1c(=O)n(C2CCC(=O)NC2=O)c2cccc(CCCOC[C@@H]3CN(C[C@H]4CC[C@H](n5cc(NC(=O)c6cnn7ccc(N8CCOCC8)nc67)c(C(F)F)n5)CC4)CCO3)c21. The monoisotopic (exact) mass is 873 g/mol. The number of aromatic nitrogens is 7. The minimum absolute atomic E-state index is 0.0200. The van der Waals surface area contributed by atoms with E-state index in [1.807, 2.05) is 24.3 Å². The van der Waals surface area contributed by atoms with Crippen molar-refractivity contribution in [2.24, 2.45) is 13.0 Å². The Morgan fingerprint density at radius 2 is 1.87 bits per heavy atom. The second-order valence-electron chi connectivity index (χ2n) is 16.9. The number of alkyl halides is 2. The molecule has 1 aromatic carbocycles. The zero-order valence-corrected chi connectivity index (χ0v) is 35.3. The van der Waals surface area contributed by atoms with Crippen molar-refractivity contribution in [2.45, 2.75) is 76.0 Å². The first kappa shape index (κ1) is 42.7. The van der Waals surface area contributed by atoms with E-state index in [4.69, 9.17) is 14.2 Å². The number of ether oxygens (including phenoxy) is 3. The van der Waals surface area contributed by atoms with Gasteiger partial charge < -0.3 is 24.4 Å². The zero-order chi connectivity index (χ0) is 43.6. The second-order valence-corrected chi connectivity index (χ2v) is 16.9. The van der Waals surface area contributed by atoms with Gasteiger partial charge in [-0.3, -0.25) is 38.4 Å². The summed E-state index contributed by atoms with van der Waals surface area (Å²) in [7, 11) is 1.71. The topological polar surface area (TPSA) is 184 Å². The fourth-order valence-electron chi connectivity index (χ4n) is 9.56. The normalized spacial score (nSPS) is 22.6. The first-order valence-corrected chi connectivity index (χ1v) is 21.9. The maximum absolute atomic E-state index is 14.3. The summed E-state index contributed by atoms with van der Waals surface area (Å²) in [5, 5.41) is 13.6. The Morgan fingerprint density at radius 3 is 2.67 bits per heavy atom. The number of halogens is 2. The molecule has 4 aromatic heterocycles. The van der Waals surface area contributed by atoms with Crippen molar-refractivity contribution in [3.05, 3.63) is 70.2 Å². The van der Waals surface area contributed by atoms with Gasteiger partial charge in [0.1, 0.15) is 17.4 Å². The average molecular weight is 874 g/mol. The molecule has 1 aliphatic carbocycles. The van der Waals surface area contributed by atoms with Gasteiger partial charge in [-0.1, -0.05) is 12.1 Å². The third-order valence-electron chi connectivity index (χ3n) is 12.8. The Morgan fingerprint density at radius 1 is 1.05 bits per heavy atom. The molecule has 3 amide bonds. The van der Waals surface area contributed by atoms with Gasteiger partial charge >= 0.3 is 5.69 Å². The lowest BCUT2D eigenvalue weighted by molar-refractivity contribution is -0.135. The lowest BCUT2D eigenvalue weighted by Gasteiger charge is -2.37. The number of imidazole rings is 1. The Kier molecular flexibility index (Phi) is 12.6. The number of benzene rings is 1. The van der Waals surface area contributed by atoms with Crippen LogP contribution in [-0.4, -0.2) is 128 Å². The van der Waals surface area contributed by atoms with Crippen LogP contribution >= 0.6 is 0 Å². The second kappa shape index (κ2) is 18.6. The number of amides is 3. The van der Waals surface area contributed by atoms with Crippen LogP contribution < -0.4 is 21.2 Å². The summed E-state index contributed by atoms with van der Waals surface area (Å²) >= 11 is 0. The standard InChI is InChI=1S/C43H53F2N11O7/c1-51-38-28(4-2-6-33(38)56(43(51)60)34-11-12-36(57)49-42(34)59)5-3-18-62-26-30-24-52(15-21-63-30)23-27-7-9-29(10-8-27)55-25-32(37(50-55)39(44)45)47-41(58)31-22-46-54-14-13-35(48-40(31)54)53-16-19-61-20-17-53/h2,4,6,13-14,22,25,27,29-30,34,39H,3,5,7-12,15-21,23-24,26H2,1H3,(H,47,58)(H,49,57,59)/t27-,29-,30-,34?/m0/s1. The summed E-state index contributed by atoms with van der Waals surface area (Å²) in [5.74, 6) is -0.227. The Hall–Kier alpha value is -5.57. The number of carbonyl (C=O) groups is 3. The van der Waals surface area contributed by atoms with Gasteiger partial charge in [-0.2, -0.15) is 10.2 Å². The van der Waals surface area contributed by atoms with Gasteiger partial charge in [-0.25, -0.2) is 23.1 Å². The molecule has 4 aliphatic rings. The number of anilines is 2. The molecule has 20 heteroatoms. The summed E-state index contributed by atoms with van der Waals surface area (Å²) in [6.07, 6.45) is 7.01. The minimum atomic E-state index is -2.87. The molecule has 9 rings (SSSR count). The molecule has 18 nitrogen and oxygen atoms in total. The number of morpholine rings is 2. The van der Waals surface area contributed by atoms with Crippen molar-refractivity contribution in [3.8, 4) is 0 Å². The van der Waals surface area contributed by atoms with E-state index in [1.54, 1.807) is 22.5 Å². The lowest BCUT2D eigenvalue weighted by atomic mass is 9.85. The van der Waals surface area contributed by atoms with Crippen molar-refractivity contribution in [2.75, 3.05) is 76.0 Å². The predicted molar refractivity (Wildman–Crippen MR) is 226 cm³/mol. The number of rotatable bonds is 14. The molecular formula is C43H53F2N11O7. The van der Waals surface area contributed by atoms with E-state index in [0.717, 1.165) is 62.8 Å². The van der Waals surface area contributed by atoms with E-state index in [2.05, 4.69) is 35.6 Å². The van der Waals surface area contributed by atoms with E-state index in [9.17, 15) is 28.0 Å². The number of hydrogen-bond acceptors (Lipinski definition) is 12.